The van der Waals surface area contributed by atoms with Crippen LogP contribution in [0.3, 0.4) is 0 Å². The standard InChI is InChI=1S/C18H21NO2/c1-11(19-16-10-13-7-9-17(16)21-13)14-8-6-12-4-2-3-5-15(12)18(14)20/h2-6,8,11,13,16-17,19-20H,7,9-10H2,1H3. The fourth-order valence-electron chi connectivity index (χ4n) is 3.85. The second-order valence-corrected chi connectivity index (χ2v) is 6.33. The molecule has 4 rings (SSSR count). The Bertz CT molecular complexity index is 669. The van der Waals surface area contributed by atoms with Gasteiger partial charge in [-0.25, -0.2) is 0 Å². The maximum atomic E-state index is 10.6. The molecule has 0 aliphatic carbocycles. The van der Waals surface area contributed by atoms with Crippen molar-refractivity contribution in [1.82, 2.24) is 5.32 Å². The molecule has 2 fully saturated rings. The average Bonchev–Trinajstić information content (AvgIpc) is 3.10. The van der Waals surface area contributed by atoms with Gasteiger partial charge in [-0.2, -0.15) is 0 Å². The topological polar surface area (TPSA) is 41.5 Å². The average molecular weight is 283 g/mol. The van der Waals surface area contributed by atoms with E-state index in [0.717, 1.165) is 22.8 Å². The molecule has 110 valence electrons. The summed E-state index contributed by atoms with van der Waals surface area (Å²) in [5.74, 6) is 0.400. The van der Waals surface area contributed by atoms with E-state index in [1.807, 2.05) is 30.3 Å². The first-order chi connectivity index (χ1) is 10.2. The minimum absolute atomic E-state index is 0.127. The molecule has 0 saturated carbocycles. The van der Waals surface area contributed by atoms with E-state index in [-0.39, 0.29) is 6.04 Å². The van der Waals surface area contributed by atoms with Crippen molar-refractivity contribution in [3.8, 4) is 5.75 Å². The predicted molar refractivity (Wildman–Crippen MR) is 83.5 cm³/mol. The number of fused-ring (bicyclic) bond motifs is 3. The van der Waals surface area contributed by atoms with E-state index in [1.54, 1.807) is 0 Å². The third kappa shape index (κ3) is 2.21. The summed E-state index contributed by atoms with van der Waals surface area (Å²) in [6.07, 6.45) is 4.28. The molecule has 0 spiro atoms. The third-order valence-electron chi connectivity index (χ3n) is 4.97. The van der Waals surface area contributed by atoms with E-state index in [4.69, 9.17) is 4.74 Å². The Morgan fingerprint density at radius 2 is 2.05 bits per heavy atom. The zero-order chi connectivity index (χ0) is 14.4. The van der Waals surface area contributed by atoms with Crippen molar-refractivity contribution >= 4 is 10.8 Å². The molecule has 2 heterocycles. The van der Waals surface area contributed by atoms with Crippen molar-refractivity contribution in [3.63, 3.8) is 0 Å². The SMILES string of the molecule is CC(NC1CC2CCC1O2)c1ccc2ccccc2c1O. The van der Waals surface area contributed by atoms with Gasteiger partial charge in [0, 0.05) is 23.0 Å². The van der Waals surface area contributed by atoms with Crippen LogP contribution in [0.2, 0.25) is 0 Å². The van der Waals surface area contributed by atoms with Crippen LogP contribution in [0.5, 0.6) is 5.75 Å². The van der Waals surface area contributed by atoms with Crippen molar-refractivity contribution in [3.05, 3.63) is 42.0 Å². The highest BCUT2D eigenvalue weighted by Gasteiger charge is 2.41. The van der Waals surface area contributed by atoms with Gasteiger partial charge in [0.05, 0.1) is 12.2 Å². The van der Waals surface area contributed by atoms with Crippen LogP contribution >= 0.6 is 0 Å². The van der Waals surface area contributed by atoms with Crippen LogP contribution in [-0.2, 0) is 4.74 Å². The highest BCUT2D eigenvalue weighted by molar-refractivity contribution is 5.89. The largest absolute Gasteiger partial charge is 0.507 e. The maximum absolute atomic E-state index is 10.6. The van der Waals surface area contributed by atoms with Crippen molar-refractivity contribution in [2.24, 2.45) is 0 Å². The molecular formula is C18H21NO2. The zero-order valence-electron chi connectivity index (χ0n) is 12.3. The summed E-state index contributed by atoms with van der Waals surface area (Å²) in [5.41, 5.74) is 0.969. The molecule has 3 heteroatoms. The van der Waals surface area contributed by atoms with Gasteiger partial charge in [0.1, 0.15) is 5.75 Å². The Kier molecular flexibility index (Phi) is 3.12. The van der Waals surface area contributed by atoms with Gasteiger partial charge in [-0.15, -0.1) is 0 Å². The van der Waals surface area contributed by atoms with E-state index in [2.05, 4.69) is 18.3 Å². The van der Waals surface area contributed by atoms with Crippen LogP contribution in [0.25, 0.3) is 10.8 Å². The number of hydrogen-bond acceptors (Lipinski definition) is 3. The minimum Gasteiger partial charge on any atom is -0.507 e. The number of nitrogens with one attached hydrogen (secondary N) is 1. The van der Waals surface area contributed by atoms with Crippen molar-refractivity contribution in [2.75, 3.05) is 0 Å². The minimum atomic E-state index is 0.127. The molecule has 2 aromatic rings. The molecule has 4 unspecified atom stereocenters. The highest BCUT2D eigenvalue weighted by atomic mass is 16.5. The van der Waals surface area contributed by atoms with Gasteiger partial charge in [-0.1, -0.05) is 36.4 Å². The molecule has 0 radical (unpaired) electrons. The molecule has 2 aromatic carbocycles. The third-order valence-corrected chi connectivity index (χ3v) is 4.97. The van der Waals surface area contributed by atoms with Gasteiger partial charge in [-0.05, 0) is 31.6 Å². The van der Waals surface area contributed by atoms with E-state index in [1.165, 1.54) is 12.8 Å². The van der Waals surface area contributed by atoms with Crippen LogP contribution in [0.4, 0.5) is 0 Å². The summed E-state index contributed by atoms with van der Waals surface area (Å²) < 4.78 is 5.90. The fraction of sp³-hybridized carbons (Fsp3) is 0.444. The molecule has 3 nitrogen and oxygen atoms in total. The second-order valence-electron chi connectivity index (χ2n) is 6.33. The van der Waals surface area contributed by atoms with Gasteiger partial charge in [-0.3, -0.25) is 0 Å². The summed E-state index contributed by atoms with van der Waals surface area (Å²) in [6.45, 7) is 2.12. The Balaban J connectivity index is 1.59. The molecule has 2 bridgehead atoms. The lowest BCUT2D eigenvalue weighted by atomic mass is 9.93. The first-order valence-electron chi connectivity index (χ1n) is 7.84. The number of hydrogen-bond donors (Lipinski definition) is 2. The molecule has 2 saturated heterocycles. The van der Waals surface area contributed by atoms with Crippen LogP contribution < -0.4 is 5.32 Å². The molecular weight excluding hydrogens is 262 g/mol. The molecule has 21 heavy (non-hydrogen) atoms. The summed E-state index contributed by atoms with van der Waals surface area (Å²) in [4.78, 5) is 0. The monoisotopic (exact) mass is 283 g/mol. The van der Waals surface area contributed by atoms with Gasteiger partial charge < -0.3 is 15.2 Å². The Morgan fingerprint density at radius 3 is 2.81 bits per heavy atom. The molecule has 0 amide bonds. The Labute approximate surface area is 124 Å². The first kappa shape index (κ1) is 13.1. The number of benzene rings is 2. The lowest BCUT2D eigenvalue weighted by molar-refractivity contribution is 0.0962. The summed E-state index contributed by atoms with van der Waals surface area (Å²) in [6, 6.07) is 12.6. The van der Waals surface area contributed by atoms with Gasteiger partial charge >= 0.3 is 0 Å². The summed E-state index contributed by atoms with van der Waals surface area (Å²) in [7, 11) is 0. The molecule has 4 atom stereocenters. The van der Waals surface area contributed by atoms with E-state index >= 15 is 0 Å². The zero-order valence-corrected chi connectivity index (χ0v) is 12.3. The first-order valence-corrected chi connectivity index (χ1v) is 7.84. The van der Waals surface area contributed by atoms with E-state index < -0.39 is 0 Å². The Morgan fingerprint density at radius 1 is 1.19 bits per heavy atom. The number of ether oxygens (including phenoxy) is 1. The molecule has 2 N–H and O–H groups in total. The van der Waals surface area contributed by atoms with Gasteiger partial charge in [0.15, 0.2) is 0 Å². The highest BCUT2D eigenvalue weighted by Crippen LogP contribution is 2.37. The van der Waals surface area contributed by atoms with E-state index in [0.29, 0.717) is 24.0 Å². The Hall–Kier alpha value is -1.58. The van der Waals surface area contributed by atoms with Crippen molar-refractivity contribution in [1.29, 1.82) is 0 Å². The second kappa shape index (κ2) is 5.00. The summed E-state index contributed by atoms with van der Waals surface area (Å²) >= 11 is 0. The normalized spacial score (nSPS) is 29.1. The van der Waals surface area contributed by atoms with Crippen molar-refractivity contribution in [2.45, 2.75) is 50.5 Å². The fourth-order valence-corrected chi connectivity index (χ4v) is 3.85. The van der Waals surface area contributed by atoms with E-state index in [9.17, 15) is 5.11 Å². The van der Waals surface area contributed by atoms with Crippen LogP contribution in [0, 0.1) is 0 Å². The molecule has 2 aliphatic rings. The number of phenolic OH excluding ortho intramolecular Hbond substituents is 1. The van der Waals surface area contributed by atoms with Gasteiger partial charge in [0.2, 0.25) is 0 Å². The lowest BCUT2D eigenvalue weighted by Gasteiger charge is -2.25. The smallest absolute Gasteiger partial charge is 0.128 e. The van der Waals surface area contributed by atoms with Crippen molar-refractivity contribution < 1.29 is 9.84 Å². The lowest BCUT2D eigenvalue weighted by Crippen LogP contribution is -2.39. The van der Waals surface area contributed by atoms with Gasteiger partial charge in [0.25, 0.3) is 0 Å². The quantitative estimate of drug-likeness (QED) is 0.905. The van der Waals surface area contributed by atoms with Crippen LogP contribution in [0.1, 0.15) is 37.8 Å². The molecule has 2 aliphatic heterocycles. The maximum Gasteiger partial charge on any atom is 0.128 e. The number of rotatable bonds is 3. The molecule has 0 aromatic heterocycles. The van der Waals surface area contributed by atoms with Crippen LogP contribution in [0.15, 0.2) is 36.4 Å². The summed E-state index contributed by atoms with van der Waals surface area (Å²) in [5, 5.41) is 16.2. The van der Waals surface area contributed by atoms with Crippen LogP contribution in [-0.4, -0.2) is 23.4 Å². The number of aromatic hydroxyl groups is 1. The predicted octanol–water partition coefficient (Wildman–Crippen LogP) is 3.52. The number of phenols is 1.